The van der Waals surface area contributed by atoms with Gasteiger partial charge < -0.3 is 9.47 Å². The topological polar surface area (TPSA) is 8.17 Å². The van der Waals surface area contributed by atoms with Crippen molar-refractivity contribution in [2.24, 2.45) is 0 Å². The first-order chi connectivity index (χ1) is 19.3. The first-order valence-corrected chi connectivity index (χ1v) is 14.4. The molecule has 0 aliphatic heterocycles. The minimum absolute atomic E-state index is 0.165. The number of benzene rings is 5. The van der Waals surface area contributed by atoms with Gasteiger partial charge in [-0.3, -0.25) is 0 Å². The van der Waals surface area contributed by atoms with Crippen LogP contribution < -0.4 is 4.90 Å². The number of hydrogen-bond acceptors (Lipinski definition) is 1. The number of fused-ring (bicyclic) bond motifs is 4. The molecule has 0 amide bonds. The van der Waals surface area contributed by atoms with Gasteiger partial charge in [-0.15, -0.1) is 0 Å². The van der Waals surface area contributed by atoms with Crippen molar-refractivity contribution in [2.75, 3.05) is 4.90 Å². The van der Waals surface area contributed by atoms with Crippen LogP contribution in [0.1, 0.15) is 51.7 Å². The Bertz CT molecular complexity index is 1800. The Hall–Kier alpha value is -4.30. The van der Waals surface area contributed by atoms with Gasteiger partial charge in [-0.2, -0.15) is 0 Å². The predicted octanol–water partition coefficient (Wildman–Crippen LogP) is 10.6. The summed E-state index contributed by atoms with van der Waals surface area (Å²) in [7, 11) is 0. The molecule has 7 rings (SSSR count). The van der Waals surface area contributed by atoms with Crippen LogP contribution in [0.5, 0.6) is 0 Å². The average molecular weight is 521 g/mol. The summed E-state index contributed by atoms with van der Waals surface area (Å²) in [6, 6.07) is 44.2. The zero-order valence-corrected chi connectivity index (χ0v) is 23.9. The number of anilines is 3. The minimum atomic E-state index is 0.165. The third-order valence-electron chi connectivity index (χ3n) is 9.04. The number of aromatic nitrogens is 1. The van der Waals surface area contributed by atoms with Crippen LogP contribution in [-0.2, 0) is 10.8 Å². The molecule has 1 aliphatic rings. The number of rotatable bonds is 4. The maximum Gasteiger partial charge on any atom is 0.0542 e. The van der Waals surface area contributed by atoms with Crippen molar-refractivity contribution in [2.45, 2.75) is 51.4 Å². The molecule has 6 aromatic rings. The van der Waals surface area contributed by atoms with Gasteiger partial charge in [-0.05, 0) is 95.5 Å². The summed E-state index contributed by atoms with van der Waals surface area (Å²) in [4.78, 5) is 2.34. The third kappa shape index (κ3) is 3.93. The maximum absolute atomic E-state index is 2.47. The molecule has 198 valence electrons. The van der Waals surface area contributed by atoms with E-state index in [2.05, 4.69) is 158 Å². The van der Waals surface area contributed by atoms with Crippen LogP contribution in [0.15, 0.2) is 121 Å². The molecule has 0 radical (unpaired) electrons. The zero-order chi connectivity index (χ0) is 27.5. The fourth-order valence-electron chi connectivity index (χ4n) is 6.70. The first-order valence-electron chi connectivity index (χ1n) is 14.4. The molecule has 1 aromatic heterocycles. The fraction of sp³-hybridized carbons (Fsp3) is 0.211. The van der Waals surface area contributed by atoms with Gasteiger partial charge in [-0.25, -0.2) is 0 Å². The Morgan fingerprint density at radius 3 is 1.75 bits per heavy atom. The van der Waals surface area contributed by atoms with Crippen molar-refractivity contribution in [3.05, 3.63) is 132 Å². The summed E-state index contributed by atoms with van der Waals surface area (Å²) in [6.07, 6.45) is 2.44. The number of nitrogens with zero attached hydrogens (tertiary/aromatic N) is 2. The molecule has 0 atom stereocenters. The summed E-state index contributed by atoms with van der Waals surface area (Å²) in [5.41, 5.74) is 10.5. The highest BCUT2D eigenvalue weighted by Crippen LogP contribution is 2.47. The highest BCUT2D eigenvalue weighted by atomic mass is 15.1. The van der Waals surface area contributed by atoms with Crippen LogP contribution in [0, 0.1) is 0 Å². The molecule has 0 saturated heterocycles. The van der Waals surface area contributed by atoms with Crippen molar-refractivity contribution in [1.29, 1.82) is 0 Å². The van der Waals surface area contributed by atoms with Gasteiger partial charge in [0.1, 0.15) is 0 Å². The third-order valence-corrected chi connectivity index (χ3v) is 9.04. The zero-order valence-electron chi connectivity index (χ0n) is 23.9. The summed E-state index contributed by atoms with van der Waals surface area (Å²) < 4.78 is 2.46. The quantitative estimate of drug-likeness (QED) is 0.224. The van der Waals surface area contributed by atoms with Crippen LogP contribution in [-0.4, -0.2) is 4.57 Å². The van der Waals surface area contributed by atoms with Crippen molar-refractivity contribution in [1.82, 2.24) is 4.57 Å². The molecule has 1 heterocycles. The number of hydrogen-bond donors (Lipinski definition) is 0. The van der Waals surface area contributed by atoms with Crippen molar-refractivity contribution in [3.8, 4) is 5.69 Å². The lowest BCUT2D eigenvalue weighted by Crippen LogP contribution is -2.33. The Kier molecular flexibility index (Phi) is 5.64. The van der Waals surface area contributed by atoms with Crippen molar-refractivity contribution >= 4 is 38.9 Å². The minimum Gasteiger partial charge on any atom is -0.310 e. The molecule has 2 heteroatoms. The Morgan fingerprint density at radius 2 is 1.07 bits per heavy atom. The first kappa shape index (κ1) is 24.7. The molecule has 0 unspecified atom stereocenters. The average Bonchev–Trinajstić information content (AvgIpc) is 3.30. The van der Waals surface area contributed by atoms with E-state index in [4.69, 9.17) is 0 Å². The van der Waals surface area contributed by atoms with Crippen LogP contribution in [0.2, 0.25) is 0 Å². The molecule has 40 heavy (non-hydrogen) atoms. The molecular formula is C38H36N2. The van der Waals surface area contributed by atoms with E-state index in [0.717, 1.165) is 17.1 Å². The van der Waals surface area contributed by atoms with E-state index in [9.17, 15) is 0 Å². The Balaban J connectivity index is 1.45. The molecule has 0 fully saturated rings. The maximum atomic E-state index is 2.47. The molecule has 0 N–H and O–H groups in total. The Labute approximate surface area is 237 Å². The lowest BCUT2D eigenvalue weighted by molar-refractivity contribution is 0.332. The standard InChI is InChI=1S/C38H36N2/c1-37(2)23-24-38(3,4)34-26-30(19-21-33(34)37)40-35-18-12-11-17-31(35)32-25-29(20-22-36(32)40)39(27-13-7-5-8-14-27)28-15-9-6-10-16-28/h5-22,25-26H,23-24H2,1-4H3. The normalized spacial score (nSPS) is 15.7. The molecule has 0 saturated carbocycles. The highest BCUT2D eigenvalue weighted by molar-refractivity contribution is 6.10. The van der Waals surface area contributed by atoms with Gasteiger partial charge in [0.2, 0.25) is 0 Å². The summed E-state index contributed by atoms with van der Waals surface area (Å²) >= 11 is 0. The lowest BCUT2D eigenvalue weighted by atomic mass is 9.63. The van der Waals surface area contributed by atoms with Gasteiger partial charge in [-0.1, -0.05) is 88.4 Å². The van der Waals surface area contributed by atoms with Gasteiger partial charge in [0, 0.05) is 33.5 Å². The van der Waals surface area contributed by atoms with E-state index in [1.54, 1.807) is 0 Å². The second-order valence-electron chi connectivity index (χ2n) is 12.6. The molecule has 0 spiro atoms. The van der Waals surface area contributed by atoms with Gasteiger partial charge in [0.05, 0.1) is 11.0 Å². The van der Waals surface area contributed by atoms with E-state index in [1.165, 1.54) is 51.5 Å². The largest absolute Gasteiger partial charge is 0.310 e. The second kappa shape index (κ2) is 9.13. The molecule has 1 aliphatic carbocycles. The van der Waals surface area contributed by atoms with E-state index in [1.807, 2.05) is 0 Å². The van der Waals surface area contributed by atoms with Crippen LogP contribution in [0.3, 0.4) is 0 Å². The molecule has 0 bridgehead atoms. The van der Waals surface area contributed by atoms with Crippen molar-refractivity contribution < 1.29 is 0 Å². The van der Waals surface area contributed by atoms with Crippen LogP contribution in [0.25, 0.3) is 27.5 Å². The molecular weight excluding hydrogens is 484 g/mol. The summed E-state index contributed by atoms with van der Waals surface area (Å²) in [6.45, 7) is 9.61. The summed E-state index contributed by atoms with van der Waals surface area (Å²) in [5, 5.41) is 2.54. The molecule has 5 aromatic carbocycles. The lowest BCUT2D eigenvalue weighted by Gasteiger charge is -2.42. The fourth-order valence-corrected chi connectivity index (χ4v) is 6.70. The van der Waals surface area contributed by atoms with E-state index in [0.29, 0.717) is 0 Å². The van der Waals surface area contributed by atoms with Gasteiger partial charge in [0.25, 0.3) is 0 Å². The smallest absolute Gasteiger partial charge is 0.0542 e. The van der Waals surface area contributed by atoms with E-state index >= 15 is 0 Å². The van der Waals surface area contributed by atoms with Crippen LogP contribution in [0.4, 0.5) is 17.1 Å². The van der Waals surface area contributed by atoms with E-state index in [-0.39, 0.29) is 10.8 Å². The van der Waals surface area contributed by atoms with Gasteiger partial charge >= 0.3 is 0 Å². The SMILES string of the molecule is CC1(C)CCC(C)(C)c2cc(-n3c4ccccc4c4cc(N(c5ccccc5)c5ccccc5)ccc43)ccc21. The Morgan fingerprint density at radius 1 is 0.500 bits per heavy atom. The monoisotopic (exact) mass is 520 g/mol. The highest BCUT2D eigenvalue weighted by Gasteiger charge is 2.37. The van der Waals surface area contributed by atoms with Gasteiger partial charge in [0.15, 0.2) is 0 Å². The predicted molar refractivity (Wildman–Crippen MR) is 171 cm³/mol. The summed E-state index contributed by atoms with van der Waals surface area (Å²) in [5.74, 6) is 0. The molecule has 2 nitrogen and oxygen atoms in total. The van der Waals surface area contributed by atoms with Crippen molar-refractivity contribution in [3.63, 3.8) is 0 Å². The second-order valence-corrected chi connectivity index (χ2v) is 12.6. The van der Waals surface area contributed by atoms with E-state index < -0.39 is 0 Å². The number of para-hydroxylation sites is 3. The van der Waals surface area contributed by atoms with Crippen LogP contribution >= 0.6 is 0 Å².